The third kappa shape index (κ3) is 2.50. The molecular formula is C18H14ClFN4O. The summed E-state index contributed by atoms with van der Waals surface area (Å²) in [4.78, 5) is 4.28. The van der Waals surface area contributed by atoms with E-state index >= 15 is 0 Å². The molecule has 0 bridgehead atoms. The second-order valence-electron chi connectivity index (χ2n) is 5.63. The Morgan fingerprint density at radius 3 is 2.72 bits per heavy atom. The lowest BCUT2D eigenvalue weighted by atomic mass is 10.2. The van der Waals surface area contributed by atoms with E-state index in [4.69, 9.17) is 21.9 Å². The fourth-order valence-electron chi connectivity index (χ4n) is 2.90. The van der Waals surface area contributed by atoms with Crippen LogP contribution in [-0.2, 0) is 6.54 Å². The van der Waals surface area contributed by atoms with Crippen LogP contribution in [0.5, 0.6) is 0 Å². The van der Waals surface area contributed by atoms with Gasteiger partial charge in [0.25, 0.3) is 0 Å². The molecule has 0 radical (unpaired) electrons. The van der Waals surface area contributed by atoms with E-state index < -0.39 is 0 Å². The highest BCUT2D eigenvalue weighted by Gasteiger charge is 2.22. The normalized spacial score (nSPS) is 11.4. The third-order valence-electron chi connectivity index (χ3n) is 4.07. The van der Waals surface area contributed by atoms with Gasteiger partial charge in [0.05, 0.1) is 10.5 Å². The predicted octanol–water partition coefficient (Wildman–Crippen LogP) is 4.24. The van der Waals surface area contributed by atoms with Crippen LogP contribution in [0, 0.1) is 12.7 Å². The van der Waals surface area contributed by atoms with Crippen LogP contribution in [0.1, 0.15) is 11.5 Å². The molecule has 0 spiro atoms. The molecule has 2 aromatic carbocycles. The zero-order chi connectivity index (χ0) is 17.6. The summed E-state index contributed by atoms with van der Waals surface area (Å²) < 4.78 is 21.2. The van der Waals surface area contributed by atoms with Crippen LogP contribution in [0.4, 0.5) is 4.39 Å². The highest BCUT2D eigenvalue weighted by atomic mass is 35.5. The number of fused-ring (bicyclic) bond motifs is 1. The maximum Gasteiger partial charge on any atom is 0.223 e. The van der Waals surface area contributed by atoms with Crippen molar-refractivity contribution in [2.24, 2.45) is 5.73 Å². The van der Waals surface area contributed by atoms with Crippen molar-refractivity contribution in [1.29, 1.82) is 0 Å². The van der Waals surface area contributed by atoms with Gasteiger partial charge in [0, 0.05) is 30.1 Å². The Morgan fingerprint density at radius 1 is 1.24 bits per heavy atom. The van der Waals surface area contributed by atoms with Gasteiger partial charge in [-0.05, 0) is 18.2 Å². The lowest BCUT2D eigenvalue weighted by Crippen LogP contribution is -2.03. The van der Waals surface area contributed by atoms with Crippen molar-refractivity contribution in [3.63, 3.8) is 0 Å². The first kappa shape index (κ1) is 15.8. The number of nitrogens with zero attached hydrogens (tertiary/aromatic N) is 3. The highest BCUT2D eigenvalue weighted by molar-refractivity contribution is 6.38. The zero-order valence-corrected chi connectivity index (χ0v) is 14.1. The molecule has 0 saturated heterocycles. The molecule has 0 fully saturated rings. The molecule has 0 aliphatic heterocycles. The van der Waals surface area contributed by atoms with Crippen LogP contribution in [0.15, 0.2) is 47.0 Å². The van der Waals surface area contributed by atoms with Gasteiger partial charge in [-0.3, -0.25) is 0 Å². The Hall–Kier alpha value is -2.70. The van der Waals surface area contributed by atoms with E-state index in [9.17, 15) is 4.39 Å². The molecule has 0 saturated carbocycles. The van der Waals surface area contributed by atoms with Gasteiger partial charge in [-0.1, -0.05) is 41.0 Å². The molecule has 0 amide bonds. The molecule has 2 N–H and O–H groups in total. The molecule has 5 nitrogen and oxygen atoms in total. The second-order valence-corrected chi connectivity index (χ2v) is 6.01. The Balaban J connectivity index is 2.07. The van der Waals surface area contributed by atoms with Gasteiger partial charge in [0.1, 0.15) is 11.5 Å². The molecule has 4 aromatic rings. The van der Waals surface area contributed by atoms with Crippen LogP contribution in [0.3, 0.4) is 0 Å². The van der Waals surface area contributed by atoms with Gasteiger partial charge in [-0.15, -0.1) is 0 Å². The molecule has 0 aliphatic rings. The van der Waals surface area contributed by atoms with E-state index in [-0.39, 0.29) is 12.4 Å². The SMILES string of the molecule is Cc1nc(-c2c(Cl)c3ccccc3n2-c2ccc(CN)c(F)c2)no1. The minimum Gasteiger partial charge on any atom is -0.339 e. The molecule has 2 heterocycles. The summed E-state index contributed by atoms with van der Waals surface area (Å²) in [6.45, 7) is 1.84. The first-order valence-electron chi connectivity index (χ1n) is 7.68. The fraction of sp³-hybridized carbons (Fsp3) is 0.111. The Kier molecular flexibility index (Phi) is 3.78. The van der Waals surface area contributed by atoms with Crippen molar-refractivity contribution in [1.82, 2.24) is 14.7 Å². The number of aromatic nitrogens is 3. The highest BCUT2D eigenvalue weighted by Crippen LogP contribution is 2.38. The van der Waals surface area contributed by atoms with Crippen molar-refractivity contribution in [2.75, 3.05) is 0 Å². The topological polar surface area (TPSA) is 69.9 Å². The Bertz CT molecular complexity index is 1090. The molecule has 0 atom stereocenters. The van der Waals surface area contributed by atoms with Crippen LogP contribution in [-0.4, -0.2) is 14.7 Å². The van der Waals surface area contributed by atoms with Crippen molar-refractivity contribution >= 4 is 22.5 Å². The summed E-state index contributed by atoms with van der Waals surface area (Å²) in [5.74, 6) is 0.402. The van der Waals surface area contributed by atoms with Crippen molar-refractivity contribution in [3.05, 3.63) is 64.8 Å². The summed E-state index contributed by atoms with van der Waals surface area (Å²) in [5, 5.41) is 5.29. The second kappa shape index (κ2) is 5.98. The number of aryl methyl sites for hydroxylation is 1. The van der Waals surface area contributed by atoms with Gasteiger partial charge < -0.3 is 14.8 Å². The van der Waals surface area contributed by atoms with Gasteiger partial charge >= 0.3 is 0 Å². The van der Waals surface area contributed by atoms with Crippen molar-refractivity contribution < 1.29 is 8.91 Å². The van der Waals surface area contributed by atoms with Crippen LogP contribution < -0.4 is 5.73 Å². The average Bonchev–Trinajstić information content (AvgIpc) is 3.16. The molecule has 0 unspecified atom stereocenters. The van der Waals surface area contributed by atoms with Crippen LogP contribution in [0.2, 0.25) is 5.02 Å². The molecular weight excluding hydrogens is 343 g/mol. The minimum atomic E-state index is -0.371. The Morgan fingerprint density at radius 2 is 2.04 bits per heavy atom. The number of halogens is 2. The molecule has 4 rings (SSSR count). The first-order valence-corrected chi connectivity index (χ1v) is 8.06. The fourth-order valence-corrected chi connectivity index (χ4v) is 3.23. The van der Waals surface area contributed by atoms with E-state index in [1.165, 1.54) is 6.07 Å². The number of hydrogen-bond acceptors (Lipinski definition) is 4. The van der Waals surface area contributed by atoms with Crippen LogP contribution >= 0.6 is 11.6 Å². The number of hydrogen-bond donors (Lipinski definition) is 1. The molecule has 2 aromatic heterocycles. The first-order chi connectivity index (χ1) is 12.1. The van der Waals surface area contributed by atoms with E-state index in [0.717, 1.165) is 10.9 Å². The summed E-state index contributed by atoms with van der Waals surface area (Å²) in [5.41, 5.74) is 7.99. The molecule has 7 heteroatoms. The quantitative estimate of drug-likeness (QED) is 0.596. The van der Waals surface area contributed by atoms with E-state index in [0.29, 0.717) is 33.7 Å². The van der Waals surface area contributed by atoms with E-state index in [2.05, 4.69) is 10.1 Å². The van der Waals surface area contributed by atoms with Gasteiger partial charge in [0.15, 0.2) is 0 Å². The van der Waals surface area contributed by atoms with Crippen LogP contribution in [0.25, 0.3) is 28.1 Å². The summed E-state index contributed by atoms with van der Waals surface area (Å²) in [6, 6.07) is 12.5. The van der Waals surface area contributed by atoms with Crippen molar-refractivity contribution in [2.45, 2.75) is 13.5 Å². The standard InChI is InChI=1S/C18H14ClFN4O/c1-10-22-18(23-25-10)17-16(19)13-4-2-3-5-15(13)24(17)12-7-6-11(9-21)14(20)8-12/h2-8H,9,21H2,1H3. The number of nitrogens with two attached hydrogens (primary N) is 1. The van der Waals surface area contributed by atoms with Gasteiger partial charge in [-0.25, -0.2) is 4.39 Å². The zero-order valence-electron chi connectivity index (χ0n) is 13.3. The lowest BCUT2D eigenvalue weighted by molar-refractivity contribution is 0.394. The minimum absolute atomic E-state index is 0.135. The maximum atomic E-state index is 14.3. The van der Waals surface area contributed by atoms with Gasteiger partial charge in [0.2, 0.25) is 11.7 Å². The lowest BCUT2D eigenvalue weighted by Gasteiger charge is -2.10. The molecule has 25 heavy (non-hydrogen) atoms. The van der Waals surface area contributed by atoms with E-state index in [1.807, 2.05) is 28.8 Å². The number of rotatable bonds is 3. The average molecular weight is 357 g/mol. The number of para-hydroxylation sites is 1. The number of benzene rings is 2. The smallest absolute Gasteiger partial charge is 0.223 e. The maximum absolute atomic E-state index is 14.3. The Labute approximate surface area is 147 Å². The monoisotopic (exact) mass is 356 g/mol. The largest absolute Gasteiger partial charge is 0.339 e. The predicted molar refractivity (Wildman–Crippen MR) is 94.2 cm³/mol. The summed E-state index contributed by atoms with van der Waals surface area (Å²) in [6.07, 6.45) is 0. The van der Waals surface area contributed by atoms with E-state index in [1.54, 1.807) is 19.1 Å². The van der Waals surface area contributed by atoms with Gasteiger partial charge in [-0.2, -0.15) is 4.98 Å². The third-order valence-corrected chi connectivity index (χ3v) is 4.45. The molecule has 126 valence electrons. The van der Waals surface area contributed by atoms with Crippen molar-refractivity contribution in [3.8, 4) is 17.2 Å². The molecule has 0 aliphatic carbocycles. The summed E-state index contributed by atoms with van der Waals surface area (Å²) in [7, 11) is 0. The summed E-state index contributed by atoms with van der Waals surface area (Å²) >= 11 is 6.60.